The molecular weight excluding hydrogens is 318 g/mol. The van der Waals surface area contributed by atoms with E-state index in [0.29, 0.717) is 18.0 Å². The molecule has 0 saturated heterocycles. The van der Waals surface area contributed by atoms with E-state index in [2.05, 4.69) is 4.98 Å². The van der Waals surface area contributed by atoms with E-state index in [9.17, 15) is 13.6 Å². The first-order chi connectivity index (χ1) is 11.6. The smallest absolute Gasteiger partial charge is 0.277 e. The zero-order valence-electron chi connectivity index (χ0n) is 13.0. The van der Waals surface area contributed by atoms with Crippen LogP contribution in [0.3, 0.4) is 0 Å². The summed E-state index contributed by atoms with van der Waals surface area (Å²) in [6.45, 7) is 1.50. The van der Waals surface area contributed by atoms with Crippen LogP contribution in [-0.4, -0.2) is 36.6 Å². The van der Waals surface area contributed by atoms with Crippen LogP contribution in [0.15, 0.2) is 42.6 Å². The molecule has 7 heteroatoms. The summed E-state index contributed by atoms with van der Waals surface area (Å²) in [7, 11) is 0. The number of halogens is 2. The Labute approximate surface area is 137 Å². The van der Waals surface area contributed by atoms with Crippen LogP contribution in [-0.2, 0) is 0 Å². The fourth-order valence-electron chi connectivity index (χ4n) is 2.51. The van der Waals surface area contributed by atoms with E-state index in [4.69, 9.17) is 9.47 Å². The maximum Gasteiger partial charge on any atom is 0.277 e. The Kier molecular flexibility index (Phi) is 4.59. The van der Waals surface area contributed by atoms with E-state index < -0.39 is 13.0 Å². The molecule has 24 heavy (non-hydrogen) atoms. The van der Waals surface area contributed by atoms with Gasteiger partial charge in [-0.15, -0.1) is 0 Å². The van der Waals surface area contributed by atoms with Gasteiger partial charge in [0.2, 0.25) is 0 Å². The number of alkyl halides is 2. The summed E-state index contributed by atoms with van der Waals surface area (Å²) >= 11 is 0. The van der Waals surface area contributed by atoms with Crippen molar-refractivity contribution in [3.8, 4) is 11.5 Å². The summed E-state index contributed by atoms with van der Waals surface area (Å²) < 4.78 is 35.1. The van der Waals surface area contributed by atoms with E-state index in [1.54, 1.807) is 17.0 Å². The number of pyridine rings is 1. The lowest BCUT2D eigenvalue weighted by atomic mass is 10.1. The molecule has 1 atom stereocenters. The number of hydrogen-bond acceptors (Lipinski definition) is 4. The summed E-state index contributed by atoms with van der Waals surface area (Å²) in [6, 6.07) is 9.85. The number of carbonyl (C=O) groups is 1. The molecule has 2 heterocycles. The van der Waals surface area contributed by atoms with Crippen LogP contribution in [0.25, 0.3) is 0 Å². The highest BCUT2D eigenvalue weighted by atomic mass is 19.3. The van der Waals surface area contributed by atoms with Gasteiger partial charge in [-0.2, -0.15) is 0 Å². The molecule has 1 amide bonds. The Morgan fingerprint density at radius 2 is 2.21 bits per heavy atom. The maximum atomic E-state index is 12.9. The lowest BCUT2D eigenvalue weighted by Gasteiger charge is -2.34. The second-order valence-electron chi connectivity index (χ2n) is 5.38. The van der Waals surface area contributed by atoms with Crippen molar-refractivity contribution in [3.05, 3.63) is 48.3 Å². The van der Waals surface area contributed by atoms with Gasteiger partial charge in [0.15, 0.2) is 0 Å². The number of fused-ring (bicyclic) bond motifs is 1. The van der Waals surface area contributed by atoms with Gasteiger partial charge in [-0.3, -0.25) is 14.7 Å². The summed E-state index contributed by atoms with van der Waals surface area (Å²) in [5.74, 6) is 0.470. The minimum Gasteiger partial charge on any atom is -0.489 e. The molecule has 0 unspecified atom stereocenters. The monoisotopic (exact) mass is 334 g/mol. The minimum absolute atomic E-state index is 0.130. The molecule has 0 N–H and O–H groups in total. The number of ether oxygens (including phenoxy) is 2. The van der Waals surface area contributed by atoms with Gasteiger partial charge in [0.1, 0.15) is 30.4 Å². The van der Waals surface area contributed by atoms with E-state index >= 15 is 0 Å². The molecule has 0 bridgehead atoms. The van der Waals surface area contributed by atoms with Gasteiger partial charge in [0.25, 0.3) is 12.3 Å². The average Bonchev–Trinajstić information content (AvgIpc) is 2.59. The minimum atomic E-state index is -2.58. The van der Waals surface area contributed by atoms with Crippen LogP contribution in [0.5, 0.6) is 11.5 Å². The van der Waals surface area contributed by atoms with E-state index in [1.807, 2.05) is 19.1 Å². The van der Waals surface area contributed by atoms with Gasteiger partial charge in [0.05, 0.1) is 11.7 Å². The Morgan fingerprint density at radius 3 is 3.00 bits per heavy atom. The van der Waals surface area contributed by atoms with Gasteiger partial charge in [-0.1, -0.05) is 12.1 Å². The maximum absolute atomic E-state index is 12.9. The lowest BCUT2D eigenvalue weighted by molar-refractivity contribution is 0.0817. The van der Waals surface area contributed by atoms with Crippen molar-refractivity contribution in [2.45, 2.75) is 19.4 Å². The highest BCUT2D eigenvalue weighted by molar-refractivity contribution is 6.06. The molecule has 3 rings (SSSR count). The SMILES string of the molecule is C[C@H]1COc2ccccc2N1C(=O)c1cc(OCC(F)F)ccn1. The number of anilines is 1. The van der Waals surface area contributed by atoms with Crippen molar-refractivity contribution in [2.24, 2.45) is 0 Å². The third-order valence-corrected chi connectivity index (χ3v) is 3.59. The highest BCUT2D eigenvalue weighted by Crippen LogP contribution is 2.34. The van der Waals surface area contributed by atoms with Gasteiger partial charge in [0, 0.05) is 12.3 Å². The molecule has 126 valence electrons. The summed E-state index contributed by atoms with van der Waals surface area (Å²) in [5.41, 5.74) is 0.785. The zero-order chi connectivity index (χ0) is 17.1. The highest BCUT2D eigenvalue weighted by Gasteiger charge is 2.30. The third-order valence-electron chi connectivity index (χ3n) is 3.59. The largest absolute Gasteiger partial charge is 0.489 e. The van der Waals surface area contributed by atoms with E-state index in [-0.39, 0.29) is 23.4 Å². The first-order valence-electron chi connectivity index (χ1n) is 7.48. The number of para-hydroxylation sites is 2. The van der Waals surface area contributed by atoms with Gasteiger partial charge in [-0.05, 0) is 25.1 Å². The van der Waals surface area contributed by atoms with Crippen LogP contribution in [0.1, 0.15) is 17.4 Å². The molecule has 5 nitrogen and oxygen atoms in total. The molecule has 0 aliphatic carbocycles. The van der Waals surface area contributed by atoms with E-state index in [0.717, 1.165) is 0 Å². The average molecular weight is 334 g/mol. The number of hydrogen-bond donors (Lipinski definition) is 0. The van der Waals surface area contributed by atoms with Gasteiger partial charge >= 0.3 is 0 Å². The molecule has 2 aromatic rings. The van der Waals surface area contributed by atoms with Crippen molar-refractivity contribution in [1.82, 2.24) is 4.98 Å². The molecule has 0 saturated carbocycles. The van der Waals surface area contributed by atoms with Crippen LogP contribution >= 0.6 is 0 Å². The predicted molar refractivity (Wildman–Crippen MR) is 83.9 cm³/mol. The van der Waals surface area contributed by atoms with Crippen LogP contribution < -0.4 is 14.4 Å². The molecule has 0 fully saturated rings. The second-order valence-corrected chi connectivity index (χ2v) is 5.38. The molecular formula is C17H16F2N2O3. The number of benzene rings is 1. The topological polar surface area (TPSA) is 51.7 Å². The van der Waals surface area contributed by atoms with Crippen LogP contribution in [0.2, 0.25) is 0 Å². The van der Waals surface area contributed by atoms with E-state index in [1.165, 1.54) is 18.3 Å². The van der Waals surface area contributed by atoms with Crippen molar-refractivity contribution < 1.29 is 23.0 Å². The lowest BCUT2D eigenvalue weighted by Crippen LogP contribution is -2.45. The Bertz CT molecular complexity index is 739. The summed E-state index contributed by atoms with van der Waals surface area (Å²) in [6.07, 6.45) is -1.21. The molecule has 0 spiro atoms. The number of rotatable bonds is 4. The van der Waals surface area contributed by atoms with Gasteiger partial charge in [-0.25, -0.2) is 8.78 Å². The molecule has 1 aliphatic rings. The molecule has 0 radical (unpaired) electrons. The molecule has 1 aliphatic heterocycles. The van der Waals surface area contributed by atoms with Gasteiger partial charge < -0.3 is 9.47 Å². The molecule has 1 aromatic carbocycles. The first-order valence-corrected chi connectivity index (χ1v) is 7.48. The van der Waals surface area contributed by atoms with Crippen LogP contribution in [0, 0.1) is 0 Å². The fourth-order valence-corrected chi connectivity index (χ4v) is 2.51. The predicted octanol–water partition coefficient (Wildman–Crippen LogP) is 3.15. The van der Waals surface area contributed by atoms with Crippen molar-refractivity contribution in [1.29, 1.82) is 0 Å². The van der Waals surface area contributed by atoms with Crippen molar-refractivity contribution >= 4 is 11.6 Å². The standard InChI is InChI=1S/C17H16F2N2O3/c1-11-9-24-15-5-3-2-4-14(15)21(11)17(22)13-8-12(6-7-20-13)23-10-16(18)19/h2-8,11,16H,9-10H2,1H3/t11-/m0/s1. The first kappa shape index (κ1) is 16.2. The van der Waals surface area contributed by atoms with Crippen LogP contribution in [0.4, 0.5) is 14.5 Å². The fraction of sp³-hybridized carbons (Fsp3) is 0.294. The number of nitrogens with zero attached hydrogens (tertiary/aromatic N) is 2. The Hall–Kier alpha value is -2.70. The Balaban J connectivity index is 1.87. The number of aromatic nitrogens is 1. The second kappa shape index (κ2) is 6.82. The number of amides is 1. The quantitative estimate of drug-likeness (QED) is 0.862. The third kappa shape index (κ3) is 3.29. The Morgan fingerprint density at radius 1 is 1.42 bits per heavy atom. The number of carbonyl (C=O) groups excluding carboxylic acids is 1. The van der Waals surface area contributed by atoms with Crippen molar-refractivity contribution in [3.63, 3.8) is 0 Å². The normalized spacial score (nSPS) is 16.5. The summed E-state index contributed by atoms with van der Waals surface area (Å²) in [5, 5.41) is 0. The zero-order valence-corrected chi connectivity index (χ0v) is 13.0. The summed E-state index contributed by atoms with van der Waals surface area (Å²) in [4.78, 5) is 18.5. The molecule has 1 aromatic heterocycles. The van der Waals surface area contributed by atoms with Crippen molar-refractivity contribution in [2.75, 3.05) is 18.1 Å².